The normalized spacial score (nSPS) is 8.73. The van der Waals surface area contributed by atoms with Gasteiger partial charge in [-0.1, -0.05) is 4.47 Å². The van der Waals surface area contributed by atoms with Gasteiger partial charge < -0.3 is 0 Å². The second kappa shape index (κ2) is 3.62. The van der Waals surface area contributed by atoms with Crippen LogP contribution in [0.2, 0.25) is 0 Å². The van der Waals surface area contributed by atoms with Crippen molar-refractivity contribution in [2.24, 2.45) is 4.47 Å². The van der Waals surface area contributed by atoms with Crippen molar-refractivity contribution in [3.8, 4) is 0 Å². The van der Waals surface area contributed by atoms with Crippen molar-refractivity contribution < 1.29 is 8.42 Å². The third kappa shape index (κ3) is 2.72. The van der Waals surface area contributed by atoms with Crippen LogP contribution >= 0.6 is 0 Å². The Labute approximate surface area is 64.0 Å². The summed E-state index contributed by atoms with van der Waals surface area (Å²) in [4.78, 5) is 7.32. The van der Waals surface area contributed by atoms with E-state index in [1.807, 2.05) is 0 Å². The minimum Gasteiger partial charge on any atom is -0.230 e. The van der Waals surface area contributed by atoms with E-state index in [9.17, 15) is 8.42 Å². The van der Waals surface area contributed by atoms with Gasteiger partial charge in [-0.25, -0.2) is 15.4 Å². The number of aromatic nitrogens is 2. The Morgan fingerprint density at radius 3 is 2.55 bits per heavy atom. The smallest absolute Gasteiger partial charge is 0.230 e. The summed E-state index contributed by atoms with van der Waals surface area (Å²) in [5.74, 6) is 0.150. The zero-order chi connectivity index (χ0) is 8.10. The SMILES string of the molecule is O=S(=O)=NNc1ncccn1. The molecule has 0 aliphatic rings. The van der Waals surface area contributed by atoms with Gasteiger partial charge in [0.05, 0.1) is 0 Å². The Bertz CT molecular complexity index is 338. The Morgan fingerprint density at radius 1 is 1.36 bits per heavy atom. The molecule has 0 bridgehead atoms. The lowest BCUT2D eigenvalue weighted by Crippen LogP contribution is -1.92. The lowest BCUT2D eigenvalue weighted by atomic mass is 10.7. The molecule has 0 unspecified atom stereocenters. The lowest BCUT2D eigenvalue weighted by Gasteiger charge is -1.90. The third-order valence-corrected chi connectivity index (χ3v) is 1.03. The summed E-state index contributed by atoms with van der Waals surface area (Å²) in [5, 5.41) is 0. The molecule has 0 amide bonds. The number of rotatable bonds is 2. The van der Waals surface area contributed by atoms with Crippen molar-refractivity contribution in [3.05, 3.63) is 18.5 Å². The van der Waals surface area contributed by atoms with E-state index in [1.54, 1.807) is 6.07 Å². The molecule has 58 valence electrons. The van der Waals surface area contributed by atoms with Crippen LogP contribution in [-0.2, 0) is 10.5 Å². The maximum atomic E-state index is 9.89. The van der Waals surface area contributed by atoms with Crippen LogP contribution in [0.1, 0.15) is 0 Å². The largest absolute Gasteiger partial charge is 0.332 e. The van der Waals surface area contributed by atoms with Crippen LogP contribution in [0, 0.1) is 0 Å². The quantitative estimate of drug-likeness (QED) is 0.628. The zero-order valence-corrected chi connectivity index (χ0v) is 6.11. The molecule has 6 nitrogen and oxygen atoms in total. The predicted octanol–water partition coefficient (Wildman–Crippen LogP) is -0.134. The van der Waals surface area contributed by atoms with Crippen LogP contribution < -0.4 is 5.43 Å². The van der Waals surface area contributed by atoms with E-state index < -0.39 is 10.5 Å². The van der Waals surface area contributed by atoms with Crippen LogP contribution in [0.4, 0.5) is 5.95 Å². The van der Waals surface area contributed by atoms with Gasteiger partial charge in [0.25, 0.3) is 0 Å². The van der Waals surface area contributed by atoms with Gasteiger partial charge in [-0.15, -0.1) is 0 Å². The van der Waals surface area contributed by atoms with E-state index in [4.69, 9.17) is 0 Å². The van der Waals surface area contributed by atoms with Gasteiger partial charge in [-0.2, -0.15) is 8.42 Å². The molecule has 0 fully saturated rings. The first kappa shape index (κ1) is 7.61. The summed E-state index contributed by atoms with van der Waals surface area (Å²) in [5.41, 5.74) is 2.13. The van der Waals surface area contributed by atoms with E-state index in [-0.39, 0.29) is 5.95 Å². The van der Waals surface area contributed by atoms with Gasteiger partial charge in [-0.05, 0) is 6.07 Å². The maximum Gasteiger partial charge on any atom is 0.332 e. The summed E-state index contributed by atoms with van der Waals surface area (Å²) in [6.45, 7) is 0. The van der Waals surface area contributed by atoms with Gasteiger partial charge in [0.1, 0.15) is 0 Å². The molecule has 1 N–H and O–H groups in total. The van der Waals surface area contributed by atoms with Crippen molar-refractivity contribution in [3.63, 3.8) is 0 Å². The van der Waals surface area contributed by atoms with Crippen LogP contribution in [0.5, 0.6) is 0 Å². The molecule has 11 heavy (non-hydrogen) atoms. The molecule has 0 saturated heterocycles. The van der Waals surface area contributed by atoms with E-state index in [0.29, 0.717) is 0 Å². The molecular weight excluding hydrogens is 168 g/mol. The Kier molecular flexibility index (Phi) is 2.50. The number of hydrogen-bond acceptors (Lipinski definition) is 5. The highest BCUT2D eigenvalue weighted by Crippen LogP contribution is 1.91. The monoisotopic (exact) mass is 172 g/mol. The molecule has 0 aromatic carbocycles. The Hall–Kier alpha value is -1.50. The number of hydrogen-bond donors (Lipinski definition) is 1. The minimum atomic E-state index is -2.48. The number of nitrogens with one attached hydrogen (secondary N) is 1. The fourth-order valence-electron chi connectivity index (χ4n) is 0.435. The molecular formula is C4H4N4O2S. The average molecular weight is 172 g/mol. The Morgan fingerprint density at radius 2 is 2.00 bits per heavy atom. The third-order valence-electron chi connectivity index (χ3n) is 0.786. The highest BCUT2D eigenvalue weighted by atomic mass is 32.2. The molecule has 0 aliphatic carbocycles. The van der Waals surface area contributed by atoms with Gasteiger partial charge in [0.15, 0.2) is 0 Å². The Balaban J connectivity index is 2.74. The van der Waals surface area contributed by atoms with Crippen molar-refractivity contribution in [2.75, 3.05) is 5.43 Å². The maximum absolute atomic E-state index is 9.89. The van der Waals surface area contributed by atoms with Gasteiger partial charge >= 0.3 is 10.5 Å². The van der Waals surface area contributed by atoms with E-state index in [0.717, 1.165) is 0 Å². The molecule has 0 spiro atoms. The summed E-state index contributed by atoms with van der Waals surface area (Å²) < 4.78 is 22.7. The second-order valence-corrected chi connectivity index (χ2v) is 2.11. The predicted molar refractivity (Wildman–Crippen MR) is 37.0 cm³/mol. The van der Waals surface area contributed by atoms with Crippen molar-refractivity contribution in [2.45, 2.75) is 0 Å². The van der Waals surface area contributed by atoms with Crippen LogP contribution in [0.3, 0.4) is 0 Å². The van der Waals surface area contributed by atoms with Gasteiger partial charge in [0, 0.05) is 12.4 Å². The summed E-state index contributed by atoms with van der Waals surface area (Å²) >= 11 is 0. The first-order valence-corrected chi connectivity index (χ1v) is 3.65. The molecule has 0 radical (unpaired) electrons. The molecule has 1 heterocycles. The zero-order valence-electron chi connectivity index (χ0n) is 5.30. The van der Waals surface area contributed by atoms with Crippen LogP contribution in [0.25, 0.3) is 0 Å². The van der Waals surface area contributed by atoms with Gasteiger partial charge in [0.2, 0.25) is 5.95 Å². The summed E-state index contributed by atoms with van der Waals surface area (Å²) in [6, 6.07) is 1.61. The molecule has 0 aliphatic heterocycles. The number of anilines is 1. The van der Waals surface area contributed by atoms with Crippen molar-refractivity contribution in [1.82, 2.24) is 9.97 Å². The summed E-state index contributed by atoms with van der Waals surface area (Å²) in [7, 11) is -2.48. The van der Waals surface area contributed by atoms with E-state index >= 15 is 0 Å². The number of nitrogens with zero attached hydrogens (tertiary/aromatic N) is 3. The van der Waals surface area contributed by atoms with E-state index in [2.05, 4.69) is 19.9 Å². The highest BCUT2D eigenvalue weighted by Gasteiger charge is 1.87. The second-order valence-electron chi connectivity index (χ2n) is 1.49. The van der Waals surface area contributed by atoms with Gasteiger partial charge in [-0.3, -0.25) is 0 Å². The molecule has 1 rings (SSSR count). The molecule has 1 aromatic rings. The fourth-order valence-corrected chi connectivity index (χ4v) is 0.591. The standard InChI is InChI=1S/C4H4N4O2S/c9-11(10)8-7-4-5-2-1-3-6-4/h1-3H,(H,5,6,7). The first-order valence-electron chi connectivity index (χ1n) is 2.62. The molecule has 0 saturated carbocycles. The molecule has 7 heteroatoms. The minimum absolute atomic E-state index is 0.150. The van der Waals surface area contributed by atoms with Crippen LogP contribution in [-0.4, -0.2) is 18.4 Å². The van der Waals surface area contributed by atoms with E-state index in [1.165, 1.54) is 12.4 Å². The average Bonchev–Trinajstić information content (AvgIpc) is 2.03. The van der Waals surface area contributed by atoms with Crippen molar-refractivity contribution >= 4 is 16.4 Å². The highest BCUT2D eigenvalue weighted by molar-refractivity contribution is 7.61. The fraction of sp³-hybridized carbons (Fsp3) is 0. The van der Waals surface area contributed by atoms with Crippen LogP contribution in [0.15, 0.2) is 22.9 Å². The summed E-state index contributed by atoms with van der Waals surface area (Å²) in [6.07, 6.45) is 2.94. The molecule has 1 aromatic heterocycles. The topological polar surface area (TPSA) is 84.3 Å². The first-order chi connectivity index (χ1) is 5.29. The lowest BCUT2D eigenvalue weighted by molar-refractivity contribution is 0.621. The molecule has 0 atom stereocenters. The van der Waals surface area contributed by atoms with Crippen molar-refractivity contribution in [1.29, 1.82) is 0 Å².